The van der Waals surface area contributed by atoms with Crippen molar-refractivity contribution in [1.82, 2.24) is 14.5 Å². The molecule has 4 rings (SSSR count). The van der Waals surface area contributed by atoms with Crippen LogP contribution < -0.4 is 9.47 Å². The van der Waals surface area contributed by atoms with Gasteiger partial charge in [-0.2, -0.15) is 0 Å². The third-order valence-electron chi connectivity index (χ3n) is 6.09. The Morgan fingerprint density at radius 1 is 1.03 bits per heavy atom. The van der Waals surface area contributed by atoms with E-state index in [0.717, 1.165) is 54.3 Å². The molecule has 1 unspecified atom stereocenters. The molecule has 0 saturated carbocycles. The number of nitrogens with zero attached hydrogens (tertiary/aromatic N) is 3. The molecule has 0 aliphatic carbocycles. The van der Waals surface area contributed by atoms with Gasteiger partial charge in [0, 0.05) is 31.0 Å². The maximum Gasteiger partial charge on any atom is 0.223 e. The maximum atomic E-state index is 12.7. The van der Waals surface area contributed by atoms with E-state index in [0.29, 0.717) is 13.0 Å². The van der Waals surface area contributed by atoms with Crippen molar-refractivity contribution in [2.24, 2.45) is 0 Å². The predicted molar refractivity (Wildman–Crippen MR) is 126 cm³/mol. The number of carbonyl (C=O) groups is 1. The number of aryl methyl sites for hydroxylation is 1. The molecule has 1 fully saturated rings. The van der Waals surface area contributed by atoms with Crippen molar-refractivity contribution in [3.8, 4) is 11.5 Å². The number of likely N-dealkylation sites (tertiary alicyclic amines) is 1. The first-order valence-corrected chi connectivity index (χ1v) is 11.4. The number of hydrogen-bond acceptors (Lipinski definition) is 4. The molecule has 1 atom stereocenters. The normalized spacial score (nSPS) is 16.7. The summed E-state index contributed by atoms with van der Waals surface area (Å²) in [7, 11) is 1.66. The fraction of sp³-hybridized carbons (Fsp3) is 0.462. The first-order chi connectivity index (χ1) is 15.4. The van der Waals surface area contributed by atoms with Gasteiger partial charge in [0.15, 0.2) is 11.5 Å². The Hall–Kier alpha value is -3.02. The van der Waals surface area contributed by atoms with Crippen molar-refractivity contribution in [3.63, 3.8) is 0 Å². The number of hydrogen-bond donors (Lipinski definition) is 0. The summed E-state index contributed by atoms with van der Waals surface area (Å²) in [4.78, 5) is 19.6. The summed E-state index contributed by atoms with van der Waals surface area (Å²) in [6, 6.07) is 16.0. The van der Waals surface area contributed by atoms with E-state index in [1.165, 1.54) is 0 Å². The topological polar surface area (TPSA) is 56.6 Å². The SMILES string of the molecule is COc1ccccc1OCCCCn1c(C2CC(=O)N(C(C)(C)C)C2)nc2ccccc21. The highest BCUT2D eigenvalue weighted by molar-refractivity contribution is 5.81. The summed E-state index contributed by atoms with van der Waals surface area (Å²) in [5.74, 6) is 2.89. The maximum absolute atomic E-state index is 12.7. The van der Waals surface area contributed by atoms with Gasteiger partial charge in [0.25, 0.3) is 0 Å². The lowest BCUT2D eigenvalue weighted by Gasteiger charge is -2.32. The van der Waals surface area contributed by atoms with E-state index in [1.807, 2.05) is 35.2 Å². The summed E-state index contributed by atoms with van der Waals surface area (Å²) in [5.41, 5.74) is 1.96. The van der Waals surface area contributed by atoms with Gasteiger partial charge < -0.3 is 18.9 Å². The van der Waals surface area contributed by atoms with Crippen LogP contribution in [0.3, 0.4) is 0 Å². The first kappa shape index (κ1) is 22.2. The molecule has 1 aliphatic heterocycles. The van der Waals surface area contributed by atoms with E-state index < -0.39 is 0 Å². The minimum atomic E-state index is -0.168. The Morgan fingerprint density at radius 2 is 1.75 bits per heavy atom. The van der Waals surface area contributed by atoms with E-state index in [1.54, 1.807) is 7.11 Å². The van der Waals surface area contributed by atoms with Crippen LogP contribution in [0.25, 0.3) is 11.0 Å². The zero-order valence-electron chi connectivity index (χ0n) is 19.5. The van der Waals surface area contributed by atoms with Gasteiger partial charge in [0.2, 0.25) is 5.91 Å². The number of ether oxygens (including phenoxy) is 2. The van der Waals surface area contributed by atoms with Gasteiger partial charge in [0.05, 0.1) is 24.8 Å². The molecular weight excluding hydrogens is 402 g/mol. The fourth-order valence-electron chi connectivity index (χ4n) is 4.46. The van der Waals surface area contributed by atoms with Crippen LogP contribution >= 0.6 is 0 Å². The van der Waals surface area contributed by atoms with Crippen LogP contribution in [0, 0.1) is 0 Å². The second-order valence-corrected chi connectivity index (χ2v) is 9.39. The minimum Gasteiger partial charge on any atom is -0.493 e. The van der Waals surface area contributed by atoms with Crippen LogP contribution in [0.1, 0.15) is 51.8 Å². The minimum absolute atomic E-state index is 0.124. The summed E-state index contributed by atoms with van der Waals surface area (Å²) in [5, 5.41) is 0. The van der Waals surface area contributed by atoms with Gasteiger partial charge in [-0.3, -0.25) is 4.79 Å². The highest BCUT2D eigenvalue weighted by atomic mass is 16.5. The lowest BCUT2D eigenvalue weighted by molar-refractivity contribution is -0.131. The van der Waals surface area contributed by atoms with Crippen LogP contribution in [0.15, 0.2) is 48.5 Å². The molecule has 3 aromatic rings. The molecule has 2 heterocycles. The standard InChI is InChI=1S/C26H33N3O3/c1-26(2,3)29-18-19(17-24(29)30)25-27-20-11-5-6-12-21(20)28(25)15-9-10-16-32-23-14-8-7-13-22(23)31-4/h5-8,11-14,19H,9-10,15-18H2,1-4H3. The lowest BCUT2D eigenvalue weighted by atomic mass is 10.1. The molecular formula is C26H33N3O3. The summed E-state index contributed by atoms with van der Waals surface area (Å²) < 4.78 is 13.6. The molecule has 0 spiro atoms. The average molecular weight is 436 g/mol. The number of aromatic nitrogens is 2. The highest BCUT2D eigenvalue weighted by Crippen LogP contribution is 2.34. The van der Waals surface area contributed by atoms with Gasteiger partial charge in [-0.15, -0.1) is 0 Å². The van der Waals surface area contributed by atoms with Gasteiger partial charge in [-0.25, -0.2) is 4.98 Å². The smallest absolute Gasteiger partial charge is 0.223 e. The number of amides is 1. The molecule has 170 valence electrons. The molecule has 1 aromatic heterocycles. The quantitative estimate of drug-likeness (QED) is 0.466. The van der Waals surface area contributed by atoms with E-state index in [-0.39, 0.29) is 17.4 Å². The summed E-state index contributed by atoms with van der Waals surface area (Å²) in [6.07, 6.45) is 2.41. The van der Waals surface area contributed by atoms with Crippen LogP contribution in [-0.4, -0.2) is 46.2 Å². The van der Waals surface area contributed by atoms with Crippen molar-refractivity contribution in [2.75, 3.05) is 20.3 Å². The van der Waals surface area contributed by atoms with E-state index >= 15 is 0 Å². The van der Waals surface area contributed by atoms with Crippen LogP contribution in [0.4, 0.5) is 0 Å². The van der Waals surface area contributed by atoms with Gasteiger partial charge >= 0.3 is 0 Å². The lowest BCUT2D eigenvalue weighted by Crippen LogP contribution is -2.42. The van der Waals surface area contributed by atoms with Crippen molar-refractivity contribution in [2.45, 2.75) is 58.0 Å². The van der Waals surface area contributed by atoms with Crippen LogP contribution in [0.2, 0.25) is 0 Å². The van der Waals surface area contributed by atoms with Crippen LogP contribution in [-0.2, 0) is 11.3 Å². The molecule has 2 aromatic carbocycles. The Morgan fingerprint density at radius 3 is 2.47 bits per heavy atom. The number of benzene rings is 2. The van der Waals surface area contributed by atoms with Crippen molar-refractivity contribution in [1.29, 1.82) is 0 Å². The number of rotatable bonds is 8. The molecule has 1 amide bonds. The second kappa shape index (κ2) is 9.23. The second-order valence-electron chi connectivity index (χ2n) is 9.39. The molecule has 0 bridgehead atoms. The number of unbranched alkanes of at least 4 members (excludes halogenated alkanes) is 1. The predicted octanol–water partition coefficient (Wildman–Crippen LogP) is 5.02. The summed E-state index contributed by atoms with van der Waals surface area (Å²) in [6.45, 7) is 8.49. The number of imidazole rings is 1. The molecule has 0 radical (unpaired) electrons. The largest absolute Gasteiger partial charge is 0.493 e. The molecule has 6 heteroatoms. The molecule has 1 saturated heterocycles. The first-order valence-electron chi connectivity index (χ1n) is 11.4. The van der Waals surface area contributed by atoms with Crippen LogP contribution in [0.5, 0.6) is 11.5 Å². The Kier molecular flexibility index (Phi) is 6.40. The molecule has 1 aliphatic rings. The third kappa shape index (κ3) is 4.59. The van der Waals surface area contributed by atoms with E-state index in [9.17, 15) is 4.79 Å². The Balaban J connectivity index is 1.45. The average Bonchev–Trinajstić information content (AvgIpc) is 3.34. The summed E-state index contributed by atoms with van der Waals surface area (Å²) >= 11 is 0. The number of para-hydroxylation sites is 4. The molecule has 0 N–H and O–H groups in total. The van der Waals surface area contributed by atoms with Crippen molar-refractivity contribution < 1.29 is 14.3 Å². The van der Waals surface area contributed by atoms with Gasteiger partial charge in [-0.05, 0) is 57.9 Å². The number of fused-ring (bicyclic) bond motifs is 1. The van der Waals surface area contributed by atoms with Gasteiger partial charge in [0.1, 0.15) is 5.82 Å². The molecule has 32 heavy (non-hydrogen) atoms. The monoisotopic (exact) mass is 435 g/mol. The number of methoxy groups -OCH3 is 1. The zero-order valence-corrected chi connectivity index (χ0v) is 19.5. The zero-order chi connectivity index (χ0) is 22.7. The Bertz CT molecular complexity index is 1080. The van der Waals surface area contributed by atoms with E-state index in [4.69, 9.17) is 14.5 Å². The molecule has 6 nitrogen and oxygen atoms in total. The van der Waals surface area contributed by atoms with Crippen molar-refractivity contribution in [3.05, 3.63) is 54.4 Å². The Labute approximate surface area is 190 Å². The van der Waals surface area contributed by atoms with Crippen molar-refractivity contribution >= 4 is 16.9 Å². The van der Waals surface area contributed by atoms with E-state index in [2.05, 4.69) is 43.5 Å². The van der Waals surface area contributed by atoms with Gasteiger partial charge in [-0.1, -0.05) is 24.3 Å². The fourth-order valence-corrected chi connectivity index (χ4v) is 4.46. The third-order valence-corrected chi connectivity index (χ3v) is 6.09. The number of carbonyl (C=O) groups excluding carboxylic acids is 1. The highest BCUT2D eigenvalue weighted by Gasteiger charge is 2.38.